The Morgan fingerprint density at radius 1 is 1.21 bits per heavy atom. The number of rotatable bonds is 3. The number of amides is 1. The molecule has 0 bridgehead atoms. The minimum Gasteiger partial charge on any atom is -0.348 e. The van der Waals surface area contributed by atoms with Gasteiger partial charge in [-0.3, -0.25) is 4.79 Å². The first kappa shape index (κ1) is 13.6. The Hall–Kier alpha value is -1.82. The fourth-order valence-electron chi connectivity index (χ4n) is 1.44. The zero-order valence-electron chi connectivity index (χ0n) is 9.66. The Balaban J connectivity index is 2.00. The van der Waals surface area contributed by atoms with Crippen molar-refractivity contribution < 1.29 is 13.6 Å². The molecule has 6 heteroatoms. The maximum Gasteiger partial charge on any atom is 0.253 e. The number of aromatic nitrogens is 1. The first-order chi connectivity index (χ1) is 9.06. The van der Waals surface area contributed by atoms with Gasteiger partial charge in [0.15, 0.2) is 11.6 Å². The van der Waals surface area contributed by atoms with Gasteiger partial charge in [0, 0.05) is 12.7 Å². The van der Waals surface area contributed by atoms with E-state index in [-0.39, 0.29) is 12.5 Å². The summed E-state index contributed by atoms with van der Waals surface area (Å²) in [5, 5.41) is 2.60. The van der Waals surface area contributed by atoms with Crippen molar-refractivity contribution in [1.82, 2.24) is 10.3 Å². The summed E-state index contributed by atoms with van der Waals surface area (Å²) in [6.45, 7) is 0.117. The van der Waals surface area contributed by atoms with Crippen molar-refractivity contribution in [2.24, 2.45) is 0 Å². The second-order valence-electron chi connectivity index (χ2n) is 3.80. The van der Waals surface area contributed by atoms with Crippen LogP contribution >= 0.6 is 15.9 Å². The van der Waals surface area contributed by atoms with Crippen LogP contribution in [0.4, 0.5) is 8.78 Å². The summed E-state index contributed by atoms with van der Waals surface area (Å²) < 4.78 is 26.3. The fourth-order valence-corrected chi connectivity index (χ4v) is 1.68. The number of carbonyl (C=O) groups is 1. The molecule has 0 radical (unpaired) electrons. The number of hydrogen-bond acceptors (Lipinski definition) is 2. The molecule has 1 aromatic carbocycles. The molecule has 0 fully saturated rings. The van der Waals surface area contributed by atoms with Crippen LogP contribution in [0.25, 0.3) is 0 Å². The van der Waals surface area contributed by atoms with Gasteiger partial charge in [0.2, 0.25) is 0 Å². The Morgan fingerprint density at radius 3 is 2.63 bits per heavy atom. The molecule has 0 aliphatic carbocycles. The topological polar surface area (TPSA) is 42.0 Å². The van der Waals surface area contributed by atoms with Crippen molar-refractivity contribution in [1.29, 1.82) is 0 Å². The van der Waals surface area contributed by atoms with Gasteiger partial charge in [-0.2, -0.15) is 0 Å². The normalized spacial score (nSPS) is 10.3. The molecule has 0 atom stereocenters. The van der Waals surface area contributed by atoms with E-state index in [1.165, 1.54) is 12.3 Å². The number of nitrogens with zero attached hydrogens (tertiary/aromatic N) is 1. The average Bonchev–Trinajstić information content (AvgIpc) is 2.40. The molecule has 0 saturated carbocycles. The van der Waals surface area contributed by atoms with E-state index in [2.05, 4.69) is 26.2 Å². The summed E-state index contributed by atoms with van der Waals surface area (Å²) >= 11 is 3.16. The minimum atomic E-state index is -0.933. The highest BCUT2D eigenvalue weighted by Crippen LogP contribution is 2.09. The van der Waals surface area contributed by atoms with Crippen LogP contribution in [0.5, 0.6) is 0 Å². The molecule has 1 N–H and O–H groups in total. The van der Waals surface area contributed by atoms with Gasteiger partial charge in [-0.15, -0.1) is 0 Å². The lowest BCUT2D eigenvalue weighted by molar-refractivity contribution is 0.0950. The molecule has 98 valence electrons. The molecule has 0 aliphatic heterocycles. The molecular weight excluding hydrogens is 318 g/mol. The number of carbonyl (C=O) groups excluding carboxylic acids is 1. The first-order valence-corrected chi connectivity index (χ1v) is 6.19. The largest absolute Gasteiger partial charge is 0.348 e. The van der Waals surface area contributed by atoms with Crippen LogP contribution in [-0.4, -0.2) is 10.9 Å². The highest BCUT2D eigenvalue weighted by atomic mass is 79.9. The Kier molecular flexibility index (Phi) is 4.21. The van der Waals surface area contributed by atoms with Crippen molar-refractivity contribution in [3.05, 3.63) is 63.9 Å². The molecule has 0 aliphatic rings. The van der Waals surface area contributed by atoms with E-state index in [9.17, 15) is 13.6 Å². The molecule has 2 aromatic rings. The molecule has 0 saturated heterocycles. The predicted molar refractivity (Wildman–Crippen MR) is 69.5 cm³/mol. The third-order valence-corrected chi connectivity index (χ3v) is 2.90. The van der Waals surface area contributed by atoms with Crippen LogP contribution in [0.15, 0.2) is 41.1 Å². The molecule has 1 aromatic heterocycles. The van der Waals surface area contributed by atoms with Crippen molar-refractivity contribution in [2.75, 3.05) is 0 Å². The molecular formula is C13H9BrF2N2O. The minimum absolute atomic E-state index is 0.117. The van der Waals surface area contributed by atoms with Gasteiger partial charge < -0.3 is 5.32 Å². The maximum absolute atomic E-state index is 13.0. The summed E-state index contributed by atoms with van der Waals surface area (Å²) in [4.78, 5) is 15.7. The highest BCUT2D eigenvalue weighted by molar-refractivity contribution is 9.10. The number of benzene rings is 1. The summed E-state index contributed by atoms with van der Waals surface area (Å²) in [5.74, 6) is -2.17. The van der Waals surface area contributed by atoms with Gasteiger partial charge in [0.25, 0.3) is 5.91 Å². The Labute approximate surface area is 116 Å². The smallest absolute Gasteiger partial charge is 0.253 e. The SMILES string of the molecule is O=C(NCc1ccc(F)c(F)c1)c1ccc(Br)nc1. The average molecular weight is 327 g/mol. The molecule has 2 rings (SSSR count). The van der Waals surface area contributed by atoms with Crippen LogP contribution in [0.1, 0.15) is 15.9 Å². The van der Waals surface area contributed by atoms with Gasteiger partial charge in [0.05, 0.1) is 5.56 Å². The van der Waals surface area contributed by atoms with Gasteiger partial charge in [-0.1, -0.05) is 6.07 Å². The molecule has 3 nitrogen and oxygen atoms in total. The summed E-state index contributed by atoms with van der Waals surface area (Å²) in [6, 6.07) is 6.75. The molecule has 1 heterocycles. The van der Waals surface area contributed by atoms with Crippen LogP contribution in [0.2, 0.25) is 0 Å². The lowest BCUT2D eigenvalue weighted by Gasteiger charge is -2.05. The molecule has 0 spiro atoms. The van der Waals surface area contributed by atoms with E-state index in [0.29, 0.717) is 15.7 Å². The zero-order valence-corrected chi connectivity index (χ0v) is 11.2. The van der Waals surface area contributed by atoms with Crippen molar-refractivity contribution in [3.63, 3.8) is 0 Å². The van der Waals surface area contributed by atoms with E-state index in [4.69, 9.17) is 0 Å². The maximum atomic E-state index is 13.0. The van der Waals surface area contributed by atoms with Gasteiger partial charge in [-0.05, 0) is 45.8 Å². The molecule has 0 unspecified atom stereocenters. The van der Waals surface area contributed by atoms with Crippen molar-refractivity contribution >= 4 is 21.8 Å². The standard InChI is InChI=1S/C13H9BrF2N2O/c14-12-4-2-9(7-17-12)13(19)18-6-8-1-3-10(15)11(16)5-8/h1-5,7H,6H2,(H,18,19). The summed E-state index contributed by atoms with van der Waals surface area (Å²) in [5.41, 5.74) is 0.878. The van der Waals surface area contributed by atoms with Crippen LogP contribution in [-0.2, 0) is 6.54 Å². The summed E-state index contributed by atoms with van der Waals surface area (Å²) in [6.07, 6.45) is 1.42. The van der Waals surface area contributed by atoms with Gasteiger partial charge >= 0.3 is 0 Å². The van der Waals surface area contributed by atoms with Crippen molar-refractivity contribution in [3.8, 4) is 0 Å². The number of hydrogen-bond donors (Lipinski definition) is 1. The number of pyridine rings is 1. The fraction of sp³-hybridized carbons (Fsp3) is 0.0769. The van der Waals surface area contributed by atoms with E-state index in [1.54, 1.807) is 12.1 Å². The van der Waals surface area contributed by atoms with Crippen LogP contribution < -0.4 is 5.32 Å². The third kappa shape index (κ3) is 3.57. The van der Waals surface area contributed by atoms with Crippen LogP contribution in [0, 0.1) is 11.6 Å². The van der Waals surface area contributed by atoms with E-state index in [1.807, 2.05) is 0 Å². The third-order valence-electron chi connectivity index (χ3n) is 2.43. The summed E-state index contributed by atoms with van der Waals surface area (Å²) in [7, 11) is 0. The van der Waals surface area contributed by atoms with Gasteiger partial charge in [-0.25, -0.2) is 13.8 Å². The predicted octanol–water partition coefficient (Wildman–Crippen LogP) is 3.05. The number of nitrogens with one attached hydrogen (secondary N) is 1. The second kappa shape index (κ2) is 5.88. The molecule has 19 heavy (non-hydrogen) atoms. The van der Waals surface area contributed by atoms with Crippen LogP contribution in [0.3, 0.4) is 0 Å². The Morgan fingerprint density at radius 2 is 2.00 bits per heavy atom. The Bertz CT molecular complexity index is 602. The lowest BCUT2D eigenvalue weighted by Crippen LogP contribution is -2.23. The lowest BCUT2D eigenvalue weighted by atomic mass is 10.2. The number of halogens is 3. The van der Waals surface area contributed by atoms with Gasteiger partial charge in [0.1, 0.15) is 4.60 Å². The molecule has 1 amide bonds. The monoisotopic (exact) mass is 326 g/mol. The highest BCUT2D eigenvalue weighted by Gasteiger charge is 2.07. The quantitative estimate of drug-likeness (QED) is 0.881. The van der Waals surface area contributed by atoms with E-state index >= 15 is 0 Å². The van der Waals surface area contributed by atoms with E-state index < -0.39 is 11.6 Å². The van der Waals surface area contributed by atoms with Crippen molar-refractivity contribution in [2.45, 2.75) is 6.54 Å². The van der Waals surface area contributed by atoms with E-state index in [0.717, 1.165) is 12.1 Å². The zero-order chi connectivity index (χ0) is 13.8. The second-order valence-corrected chi connectivity index (χ2v) is 4.61. The first-order valence-electron chi connectivity index (χ1n) is 5.40.